The first kappa shape index (κ1) is 18.7. The number of hydrogen-bond donors (Lipinski definition) is 0. The molecule has 0 aliphatic carbocycles. The third kappa shape index (κ3) is 4.27. The summed E-state index contributed by atoms with van der Waals surface area (Å²) in [5.74, 6) is -0.349. The number of carbonyl (C=O) groups excluding carboxylic acids is 1. The molecule has 2 rings (SSSR count). The summed E-state index contributed by atoms with van der Waals surface area (Å²) in [7, 11) is -1.95. The summed E-state index contributed by atoms with van der Waals surface area (Å²) >= 11 is 0. The molecule has 5 nitrogen and oxygen atoms in total. The van der Waals surface area contributed by atoms with E-state index in [9.17, 15) is 26.4 Å². The molecule has 1 atom stereocenters. The van der Waals surface area contributed by atoms with Crippen molar-refractivity contribution in [3.63, 3.8) is 0 Å². The van der Waals surface area contributed by atoms with Crippen molar-refractivity contribution in [1.82, 2.24) is 9.21 Å². The molecule has 0 aromatic heterocycles. The normalized spacial score (nSPS) is 19.5. The van der Waals surface area contributed by atoms with Crippen molar-refractivity contribution < 1.29 is 26.4 Å². The smallest absolute Gasteiger partial charge is 0.340 e. The SMILES string of the molecule is CN(Cc1ccc(C(F)(F)F)cc1)C(=O)C1CCCN1S(C)(=O)=O. The zero-order valence-corrected chi connectivity index (χ0v) is 14.2. The lowest BCUT2D eigenvalue weighted by molar-refractivity contribution is -0.137. The Labute approximate surface area is 139 Å². The van der Waals surface area contributed by atoms with Gasteiger partial charge in [0.05, 0.1) is 11.8 Å². The van der Waals surface area contributed by atoms with Gasteiger partial charge in [-0.05, 0) is 30.5 Å². The van der Waals surface area contributed by atoms with Crippen LogP contribution in [0.2, 0.25) is 0 Å². The van der Waals surface area contributed by atoms with Crippen LogP contribution in [0.5, 0.6) is 0 Å². The fraction of sp³-hybridized carbons (Fsp3) is 0.533. The van der Waals surface area contributed by atoms with E-state index in [1.165, 1.54) is 28.4 Å². The maximum Gasteiger partial charge on any atom is 0.416 e. The molecule has 0 radical (unpaired) electrons. The van der Waals surface area contributed by atoms with Crippen LogP contribution in [0, 0.1) is 0 Å². The van der Waals surface area contributed by atoms with E-state index in [0.29, 0.717) is 24.9 Å². The second-order valence-electron chi connectivity index (χ2n) is 5.92. The highest BCUT2D eigenvalue weighted by molar-refractivity contribution is 7.88. The van der Waals surface area contributed by atoms with Crippen molar-refractivity contribution in [3.8, 4) is 0 Å². The van der Waals surface area contributed by atoms with Gasteiger partial charge in [-0.25, -0.2) is 8.42 Å². The van der Waals surface area contributed by atoms with Gasteiger partial charge < -0.3 is 4.90 Å². The van der Waals surface area contributed by atoms with E-state index in [1.54, 1.807) is 0 Å². The number of halogens is 3. The molecule has 134 valence electrons. The monoisotopic (exact) mass is 364 g/mol. The van der Waals surface area contributed by atoms with E-state index < -0.39 is 27.8 Å². The Balaban J connectivity index is 2.06. The van der Waals surface area contributed by atoms with Gasteiger partial charge >= 0.3 is 6.18 Å². The number of hydrogen-bond acceptors (Lipinski definition) is 3. The first-order valence-electron chi connectivity index (χ1n) is 7.38. The minimum atomic E-state index is -4.40. The molecule has 0 N–H and O–H groups in total. The molecule has 1 aromatic rings. The van der Waals surface area contributed by atoms with Gasteiger partial charge in [-0.1, -0.05) is 12.1 Å². The van der Waals surface area contributed by atoms with Gasteiger partial charge in [0.25, 0.3) is 0 Å². The number of sulfonamides is 1. The van der Waals surface area contributed by atoms with Crippen LogP contribution in [-0.4, -0.2) is 49.4 Å². The largest absolute Gasteiger partial charge is 0.416 e. The fourth-order valence-corrected chi connectivity index (χ4v) is 3.91. The highest BCUT2D eigenvalue weighted by Gasteiger charge is 2.37. The number of benzene rings is 1. The highest BCUT2D eigenvalue weighted by atomic mass is 32.2. The van der Waals surface area contributed by atoms with Crippen molar-refractivity contribution in [2.45, 2.75) is 31.6 Å². The lowest BCUT2D eigenvalue weighted by Crippen LogP contribution is -2.45. The number of likely N-dealkylation sites (N-methyl/N-ethyl adjacent to an activating group) is 1. The summed E-state index contributed by atoms with van der Waals surface area (Å²) in [6.45, 7) is 0.425. The Morgan fingerprint density at radius 3 is 2.38 bits per heavy atom. The van der Waals surface area contributed by atoms with Crippen LogP contribution in [0.4, 0.5) is 13.2 Å². The van der Waals surface area contributed by atoms with Crippen LogP contribution in [0.15, 0.2) is 24.3 Å². The van der Waals surface area contributed by atoms with Crippen LogP contribution < -0.4 is 0 Å². The minimum Gasteiger partial charge on any atom is -0.340 e. The van der Waals surface area contributed by atoms with Crippen LogP contribution in [0.1, 0.15) is 24.0 Å². The van der Waals surface area contributed by atoms with Crippen molar-refractivity contribution in [3.05, 3.63) is 35.4 Å². The second-order valence-corrected chi connectivity index (χ2v) is 7.86. The lowest BCUT2D eigenvalue weighted by Gasteiger charge is -2.26. The van der Waals surface area contributed by atoms with E-state index in [-0.39, 0.29) is 12.5 Å². The molecule has 1 saturated heterocycles. The summed E-state index contributed by atoms with van der Waals surface area (Å²) in [4.78, 5) is 13.8. The molecule has 1 aromatic carbocycles. The summed E-state index contributed by atoms with van der Waals surface area (Å²) < 4.78 is 62.2. The fourth-order valence-electron chi connectivity index (χ4n) is 2.79. The van der Waals surface area contributed by atoms with E-state index in [0.717, 1.165) is 18.4 Å². The Morgan fingerprint density at radius 1 is 1.29 bits per heavy atom. The van der Waals surface area contributed by atoms with E-state index in [2.05, 4.69) is 0 Å². The van der Waals surface area contributed by atoms with Gasteiger partial charge in [-0.15, -0.1) is 0 Å². The molecule has 1 unspecified atom stereocenters. The topological polar surface area (TPSA) is 57.7 Å². The van der Waals surface area contributed by atoms with Crippen LogP contribution in [0.25, 0.3) is 0 Å². The molecule has 9 heteroatoms. The maximum absolute atomic E-state index is 12.5. The van der Waals surface area contributed by atoms with Gasteiger partial charge in [-0.3, -0.25) is 4.79 Å². The first-order valence-corrected chi connectivity index (χ1v) is 9.23. The summed E-state index contributed by atoms with van der Waals surface area (Å²) in [5, 5.41) is 0. The van der Waals surface area contributed by atoms with E-state index in [1.807, 2.05) is 0 Å². The number of nitrogens with zero attached hydrogens (tertiary/aromatic N) is 2. The second kappa shape index (κ2) is 6.72. The van der Waals surface area contributed by atoms with Crippen molar-refractivity contribution in [2.75, 3.05) is 19.8 Å². The third-order valence-corrected chi connectivity index (χ3v) is 5.28. The molecule has 1 fully saturated rings. The van der Waals surface area contributed by atoms with Gasteiger partial charge in [0.1, 0.15) is 6.04 Å². The standard InChI is InChI=1S/C15H19F3N2O3S/c1-19(10-11-5-7-12(8-6-11)15(16,17)18)14(21)13-4-3-9-20(13)24(2,22)23/h5-8,13H,3-4,9-10H2,1-2H3. The van der Waals surface area contributed by atoms with Crippen molar-refractivity contribution in [1.29, 1.82) is 0 Å². The molecule has 0 spiro atoms. The predicted octanol–water partition coefficient (Wildman–Crippen LogP) is 2.09. The molecule has 24 heavy (non-hydrogen) atoms. The maximum atomic E-state index is 12.5. The predicted molar refractivity (Wildman–Crippen MR) is 82.5 cm³/mol. The number of carbonyl (C=O) groups is 1. The van der Waals surface area contributed by atoms with Crippen molar-refractivity contribution in [2.24, 2.45) is 0 Å². The van der Waals surface area contributed by atoms with Gasteiger partial charge in [0.15, 0.2) is 0 Å². The van der Waals surface area contributed by atoms with Crippen LogP contribution >= 0.6 is 0 Å². The molecule has 1 heterocycles. The number of rotatable bonds is 4. The minimum absolute atomic E-state index is 0.116. The molecular formula is C15H19F3N2O3S. The number of alkyl halides is 3. The van der Waals surface area contributed by atoms with Gasteiger partial charge in [0, 0.05) is 20.1 Å². The van der Waals surface area contributed by atoms with Gasteiger partial charge in [0.2, 0.25) is 15.9 Å². The Bertz CT molecular complexity index is 702. The number of amides is 1. The van der Waals surface area contributed by atoms with E-state index in [4.69, 9.17) is 0 Å². The Hall–Kier alpha value is -1.61. The average Bonchev–Trinajstić information content (AvgIpc) is 2.95. The summed E-state index contributed by atoms with van der Waals surface area (Å²) in [6, 6.07) is 3.82. The molecule has 1 amide bonds. The highest BCUT2D eigenvalue weighted by Crippen LogP contribution is 2.29. The lowest BCUT2D eigenvalue weighted by atomic mass is 10.1. The molecule has 1 aliphatic heterocycles. The first-order chi connectivity index (χ1) is 11.0. The molecule has 1 aliphatic rings. The Morgan fingerprint density at radius 2 is 1.88 bits per heavy atom. The van der Waals surface area contributed by atoms with Gasteiger partial charge in [-0.2, -0.15) is 17.5 Å². The van der Waals surface area contributed by atoms with Crippen LogP contribution in [-0.2, 0) is 27.5 Å². The zero-order chi connectivity index (χ0) is 18.1. The Kier molecular flexibility index (Phi) is 5.24. The molecule has 0 bridgehead atoms. The third-order valence-electron chi connectivity index (χ3n) is 3.99. The van der Waals surface area contributed by atoms with E-state index >= 15 is 0 Å². The zero-order valence-electron chi connectivity index (χ0n) is 13.4. The van der Waals surface area contributed by atoms with Crippen LogP contribution in [0.3, 0.4) is 0 Å². The summed E-state index contributed by atoms with van der Waals surface area (Å²) in [6.07, 6.45) is -2.28. The average molecular weight is 364 g/mol. The summed E-state index contributed by atoms with van der Waals surface area (Å²) in [5.41, 5.74) is -0.206. The quantitative estimate of drug-likeness (QED) is 0.822. The molecule has 0 saturated carbocycles. The molecular weight excluding hydrogens is 345 g/mol. The van der Waals surface area contributed by atoms with Crippen molar-refractivity contribution >= 4 is 15.9 Å².